The van der Waals surface area contributed by atoms with Gasteiger partial charge in [-0.05, 0) is 25.8 Å². The van der Waals surface area contributed by atoms with E-state index in [0.29, 0.717) is 35.2 Å². The number of amides is 1. The van der Waals surface area contributed by atoms with Crippen LogP contribution in [0.5, 0.6) is 0 Å². The first-order valence-electron chi connectivity index (χ1n) is 12.7. The maximum absolute atomic E-state index is 12.9. The number of pyridine rings is 1. The molecule has 0 atom stereocenters. The zero-order valence-electron chi connectivity index (χ0n) is 21.7. The van der Waals surface area contributed by atoms with Gasteiger partial charge in [0, 0.05) is 63.1 Å². The number of carbonyl (C=O) groups is 1. The molecule has 1 saturated carbocycles. The van der Waals surface area contributed by atoms with Crippen LogP contribution in [0.25, 0.3) is 11.0 Å². The summed E-state index contributed by atoms with van der Waals surface area (Å²) >= 11 is 0. The van der Waals surface area contributed by atoms with Gasteiger partial charge in [-0.25, -0.2) is 9.67 Å². The fourth-order valence-electron chi connectivity index (χ4n) is 4.70. The van der Waals surface area contributed by atoms with E-state index in [0.717, 1.165) is 55.9 Å². The van der Waals surface area contributed by atoms with E-state index in [1.165, 1.54) is 0 Å². The van der Waals surface area contributed by atoms with E-state index in [-0.39, 0.29) is 15.8 Å². The smallest absolute Gasteiger partial charge is 0.252 e. The van der Waals surface area contributed by atoms with Gasteiger partial charge >= 0.3 is 0 Å². The molecule has 1 saturated heterocycles. The fraction of sp³-hybridized carbons (Fsp3) is 0.440. The average molecular weight is 524 g/mol. The summed E-state index contributed by atoms with van der Waals surface area (Å²) < 4.78 is 9.25. The predicted molar refractivity (Wildman–Crippen MR) is 148 cm³/mol. The SMILES string of the molecule is Cc1ncc(C(=O)NCCN2CCOC3(CC3)C2)cc1Nc1nn(C)c2nc(Nc3cnn(C)c3)ncc12.[HH].[HH].[HH]. The standard InChI is InChI=1S/C25H31N11O2.3H2/c1-16-20(10-17(11-27-16)23(37)26-6-7-36-8-9-38-25(15-36)4-5-25)31-21-19-13-28-24(32-22(19)35(3)33-21)30-18-12-29-34(2)14-18;;;/h10-14H,4-9,15H2,1-3H3,(H,26,37)(H,31,33)(H,28,30,32);3*1H. The van der Waals surface area contributed by atoms with Crippen LogP contribution in [0.1, 0.15) is 33.2 Å². The lowest BCUT2D eigenvalue weighted by molar-refractivity contribution is -0.0452. The molecule has 1 amide bonds. The number of anilines is 4. The van der Waals surface area contributed by atoms with Gasteiger partial charge in [-0.2, -0.15) is 15.2 Å². The molecule has 1 aliphatic carbocycles. The van der Waals surface area contributed by atoms with Gasteiger partial charge in [-0.15, -0.1) is 0 Å². The van der Waals surface area contributed by atoms with Crippen molar-refractivity contribution in [3.8, 4) is 0 Å². The zero-order valence-corrected chi connectivity index (χ0v) is 21.7. The van der Waals surface area contributed by atoms with E-state index in [1.54, 1.807) is 34.0 Å². The molecule has 6 rings (SSSR count). The molecule has 38 heavy (non-hydrogen) atoms. The normalized spacial score (nSPS) is 16.6. The molecule has 2 fully saturated rings. The Labute approximate surface area is 224 Å². The Kier molecular flexibility index (Phi) is 6.16. The largest absolute Gasteiger partial charge is 0.372 e. The summed E-state index contributed by atoms with van der Waals surface area (Å²) in [5.74, 6) is 0.871. The maximum Gasteiger partial charge on any atom is 0.252 e. The van der Waals surface area contributed by atoms with Crippen molar-refractivity contribution in [1.29, 1.82) is 0 Å². The number of ether oxygens (including phenoxy) is 1. The van der Waals surface area contributed by atoms with Crippen molar-refractivity contribution in [2.45, 2.75) is 25.4 Å². The number of fused-ring (bicyclic) bond motifs is 1. The third-order valence-electron chi connectivity index (χ3n) is 6.99. The lowest BCUT2D eigenvalue weighted by atomic mass is 10.2. The van der Waals surface area contributed by atoms with Gasteiger partial charge in [0.05, 0.1) is 46.4 Å². The van der Waals surface area contributed by atoms with E-state index in [9.17, 15) is 4.79 Å². The van der Waals surface area contributed by atoms with Gasteiger partial charge in [-0.3, -0.25) is 19.4 Å². The van der Waals surface area contributed by atoms with Gasteiger partial charge in [0.1, 0.15) is 0 Å². The minimum Gasteiger partial charge on any atom is -0.372 e. The highest BCUT2D eigenvalue weighted by Crippen LogP contribution is 2.41. The van der Waals surface area contributed by atoms with Crippen molar-refractivity contribution in [3.63, 3.8) is 0 Å². The lowest BCUT2D eigenvalue weighted by Gasteiger charge is -2.33. The van der Waals surface area contributed by atoms with Gasteiger partial charge in [-0.1, -0.05) is 0 Å². The van der Waals surface area contributed by atoms with E-state index in [2.05, 4.69) is 46.0 Å². The van der Waals surface area contributed by atoms with Crippen molar-refractivity contribution in [3.05, 3.63) is 42.1 Å². The minimum atomic E-state index is -0.157. The third kappa shape index (κ3) is 5.02. The molecule has 0 aromatic carbocycles. The highest BCUT2D eigenvalue weighted by atomic mass is 16.5. The van der Waals surface area contributed by atoms with E-state index < -0.39 is 0 Å². The number of carbonyl (C=O) groups excluding carboxylic acids is 1. The van der Waals surface area contributed by atoms with E-state index in [4.69, 9.17) is 4.74 Å². The molecular formula is C25H37N11O2. The topological polar surface area (TPSA) is 140 Å². The first-order valence-corrected chi connectivity index (χ1v) is 12.7. The Hall–Kier alpha value is -4.10. The Balaban J connectivity index is 0.00000154. The summed E-state index contributed by atoms with van der Waals surface area (Å²) in [4.78, 5) is 28.7. The Morgan fingerprint density at radius 1 is 1.18 bits per heavy atom. The van der Waals surface area contributed by atoms with Gasteiger partial charge in [0.15, 0.2) is 11.5 Å². The number of nitrogens with zero attached hydrogens (tertiary/aromatic N) is 8. The zero-order chi connectivity index (χ0) is 26.3. The number of aryl methyl sites for hydroxylation is 3. The molecule has 4 aromatic heterocycles. The van der Waals surface area contributed by atoms with E-state index >= 15 is 0 Å². The number of hydrogen-bond donors (Lipinski definition) is 3. The molecule has 0 bridgehead atoms. The molecule has 13 nitrogen and oxygen atoms in total. The van der Waals surface area contributed by atoms with Crippen LogP contribution >= 0.6 is 0 Å². The van der Waals surface area contributed by atoms with Gasteiger partial charge in [0.25, 0.3) is 5.91 Å². The van der Waals surface area contributed by atoms with Crippen LogP contribution < -0.4 is 16.0 Å². The molecule has 2 aliphatic rings. The molecule has 3 N–H and O–H groups in total. The van der Waals surface area contributed by atoms with Crippen LogP contribution in [0.15, 0.2) is 30.9 Å². The highest BCUT2D eigenvalue weighted by molar-refractivity contribution is 5.96. The summed E-state index contributed by atoms with van der Waals surface area (Å²) in [5, 5.41) is 19.0. The van der Waals surface area contributed by atoms with Crippen molar-refractivity contribution in [2.75, 3.05) is 43.4 Å². The van der Waals surface area contributed by atoms with Gasteiger partial charge < -0.3 is 20.7 Å². The Morgan fingerprint density at radius 2 is 2.05 bits per heavy atom. The summed E-state index contributed by atoms with van der Waals surface area (Å²) in [5.41, 5.74) is 3.46. The molecule has 1 spiro atoms. The van der Waals surface area contributed by atoms with Crippen LogP contribution in [-0.4, -0.2) is 83.7 Å². The van der Waals surface area contributed by atoms with Crippen molar-refractivity contribution >= 4 is 40.1 Å². The molecule has 4 aromatic rings. The second kappa shape index (κ2) is 9.65. The third-order valence-corrected chi connectivity index (χ3v) is 6.99. The summed E-state index contributed by atoms with van der Waals surface area (Å²) in [7, 11) is 3.67. The van der Waals surface area contributed by atoms with E-state index in [1.807, 2.05) is 27.2 Å². The number of hydrogen-bond acceptors (Lipinski definition) is 10. The predicted octanol–water partition coefficient (Wildman–Crippen LogP) is 2.62. The second-order valence-electron chi connectivity index (χ2n) is 9.98. The molecule has 204 valence electrons. The molecule has 0 radical (unpaired) electrons. The molecule has 5 heterocycles. The molecular weight excluding hydrogens is 486 g/mol. The maximum atomic E-state index is 12.9. The van der Waals surface area contributed by atoms with Crippen molar-refractivity contribution in [1.82, 2.24) is 44.7 Å². The van der Waals surface area contributed by atoms with Crippen LogP contribution in [-0.2, 0) is 18.8 Å². The number of nitrogens with one attached hydrogen (secondary N) is 3. The number of rotatable bonds is 8. The first kappa shape index (κ1) is 24.2. The number of morpholine rings is 1. The second-order valence-corrected chi connectivity index (χ2v) is 9.98. The summed E-state index contributed by atoms with van der Waals surface area (Å²) in [6, 6.07) is 1.80. The lowest BCUT2D eigenvalue weighted by Crippen LogP contribution is -2.46. The molecule has 0 unspecified atom stereocenters. The van der Waals surface area contributed by atoms with Crippen LogP contribution in [0.2, 0.25) is 0 Å². The molecule has 1 aliphatic heterocycles. The average Bonchev–Trinajstić information content (AvgIpc) is 3.39. The first-order chi connectivity index (χ1) is 18.4. The monoisotopic (exact) mass is 523 g/mol. The van der Waals surface area contributed by atoms with Crippen molar-refractivity contribution in [2.24, 2.45) is 14.1 Å². The van der Waals surface area contributed by atoms with Gasteiger partial charge in [0.2, 0.25) is 5.95 Å². The Bertz CT molecular complexity index is 1510. The number of aromatic nitrogens is 7. The Morgan fingerprint density at radius 3 is 2.84 bits per heavy atom. The fourth-order valence-corrected chi connectivity index (χ4v) is 4.70. The molecule has 13 heteroatoms. The summed E-state index contributed by atoms with van der Waals surface area (Å²) in [6.07, 6.45) is 9.14. The van der Waals surface area contributed by atoms with Crippen molar-refractivity contribution < 1.29 is 13.8 Å². The summed E-state index contributed by atoms with van der Waals surface area (Å²) in [6.45, 7) is 5.88. The van der Waals surface area contributed by atoms with Crippen LogP contribution in [0.4, 0.5) is 23.1 Å². The van der Waals surface area contributed by atoms with Crippen LogP contribution in [0.3, 0.4) is 0 Å². The highest BCUT2D eigenvalue weighted by Gasteiger charge is 2.47. The quantitative estimate of drug-likeness (QED) is 0.316. The van der Waals surface area contributed by atoms with Crippen LogP contribution in [0, 0.1) is 6.92 Å². The minimum absolute atomic E-state index is 0.